The average Bonchev–Trinajstić information content (AvgIpc) is 2.80. The molecule has 0 fully saturated rings. The lowest BCUT2D eigenvalue weighted by atomic mass is 9.78. The first-order valence-corrected chi connectivity index (χ1v) is 13.3. The topological polar surface area (TPSA) is 50.7 Å². The molecule has 2 rings (SSSR count). The first-order chi connectivity index (χ1) is 16.0. The van der Waals surface area contributed by atoms with Gasteiger partial charge in [0.15, 0.2) is 11.9 Å². The summed E-state index contributed by atoms with van der Waals surface area (Å²) in [5, 5.41) is 10.4. The molecule has 2 aromatic carbocycles. The summed E-state index contributed by atoms with van der Waals surface area (Å²) in [5.74, 6) is 0.815. The highest BCUT2D eigenvalue weighted by molar-refractivity contribution is 7.96. The number of halogens is 5. The predicted molar refractivity (Wildman–Crippen MR) is 140 cm³/mol. The molecule has 0 aliphatic carbocycles. The van der Waals surface area contributed by atoms with Crippen LogP contribution in [0, 0.1) is 0 Å². The van der Waals surface area contributed by atoms with Gasteiger partial charge < -0.3 is 14.6 Å². The van der Waals surface area contributed by atoms with Gasteiger partial charge in [-0.15, -0.1) is 11.6 Å². The number of rotatable bonds is 12. The molecule has 1 atom stereocenters. The zero-order chi connectivity index (χ0) is 25.9. The second-order valence-corrected chi connectivity index (χ2v) is 9.43. The summed E-state index contributed by atoms with van der Waals surface area (Å²) in [4.78, 5) is 0. The van der Waals surface area contributed by atoms with Gasteiger partial charge in [-0.05, 0) is 48.1 Å². The molecule has 0 spiro atoms. The van der Waals surface area contributed by atoms with Gasteiger partial charge in [0.25, 0.3) is 0 Å². The highest BCUT2D eigenvalue weighted by Crippen LogP contribution is 2.41. The van der Waals surface area contributed by atoms with E-state index in [1.165, 1.54) is 12.1 Å². The second kappa shape index (κ2) is 14.6. The van der Waals surface area contributed by atoms with Gasteiger partial charge in [-0.2, -0.15) is 8.78 Å². The maximum absolute atomic E-state index is 14.1. The molecule has 0 bridgehead atoms. The average molecular weight is 559 g/mol. The van der Waals surface area contributed by atoms with Gasteiger partial charge in [0.05, 0.1) is 16.7 Å². The molecule has 0 aliphatic heterocycles. The van der Waals surface area contributed by atoms with Crippen LogP contribution < -0.4 is 14.2 Å². The molecule has 34 heavy (non-hydrogen) atoms. The summed E-state index contributed by atoms with van der Waals surface area (Å²) in [6, 6.07) is 9.79. The van der Waals surface area contributed by atoms with Gasteiger partial charge in [-0.3, -0.25) is 4.72 Å². The molecule has 2 aromatic rings. The Hall–Kier alpha value is -0.960. The van der Waals surface area contributed by atoms with E-state index in [1.54, 1.807) is 30.5 Å². The van der Waals surface area contributed by atoms with Crippen LogP contribution in [-0.2, 0) is 5.41 Å². The van der Waals surface area contributed by atoms with Gasteiger partial charge in [0, 0.05) is 17.8 Å². The lowest BCUT2D eigenvalue weighted by Gasteiger charge is -2.28. The number of hydrogen-bond donors (Lipinski definition) is 2. The van der Waals surface area contributed by atoms with Crippen molar-refractivity contribution in [3.8, 4) is 11.5 Å². The Morgan fingerprint density at radius 1 is 1.06 bits per heavy atom. The van der Waals surface area contributed by atoms with E-state index in [2.05, 4.69) is 4.72 Å². The Kier molecular flexibility index (Phi) is 13.3. The number of benzene rings is 2. The number of alkyl halides is 3. The Labute approximate surface area is 220 Å². The van der Waals surface area contributed by atoms with Crippen molar-refractivity contribution >= 4 is 46.8 Å². The van der Waals surface area contributed by atoms with E-state index in [0.717, 1.165) is 23.1 Å². The third kappa shape index (κ3) is 8.61. The number of aliphatic hydroxyl groups is 1. The van der Waals surface area contributed by atoms with E-state index in [4.69, 9.17) is 44.3 Å². The van der Waals surface area contributed by atoms with Crippen LogP contribution in [0.4, 0.5) is 8.78 Å². The van der Waals surface area contributed by atoms with Gasteiger partial charge in [0.2, 0.25) is 0 Å². The van der Waals surface area contributed by atoms with Crippen molar-refractivity contribution < 1.29 is 23.4 Å². The standard InChI is InChI=1S/C22H26Cl3F2NO3S.C2H6/c1-21(2,15-11-17(24)20(18(25)12-15)30-10-4-9-23)14-5-7-16(8-6-14)31-22(26,27)19(29)13-28-32-3;1-2/h5-8,11-12,19,28-29H,4,9-10,13H2,1-3H3;1-2H3. The summed E-state index contributed by atoms with van der Waals surface area (Å²) in [6.07, 6.45) is -3.38. The minimum atomic E-state index is -3.74. The first kappa shape index (κ1) is 31.1. The van der Waals surface area contributed by atoms with Gasteiger partial charge in [-0.25, -0.2) is 0 Å². The van der Waals surface area contributed by atoms with Crippen LogP contribution in [0.2, 0.25) is 10.0 Å². The van der Waals surface area contributed by atoms with Gasteiger partial charge in [-0.1, -0.05) is 75.0 Å². The third-order valence-corrected chi connectivity index (χ3v) is 6.17. The molecule has 0 saturated carbocycles. The van der Waals surface area contributed by atoms with E-state index in [1.807, 2.05) is 27.7 Å². The fourth-order valence-corrected chi connectivity index (χ4v) is 3.93. The van der Waals surface area contributed by atoms with Crippen LogP contribution in [0.15, 0.2) is 36.4 Å². The summed E-state index contributed by atoms with van der Waals surface area (Å²) in [5.41, 5.74) is 1.13. The summed E-state index contributed by atoms with van der Waals surface area (Å²) in [7, 11) is 0. The van der Waals surface area contributed by atoms with Crippen molar-refractivity contribution in [1.29, 1.82) is 0 Å². The van der Waals surface area contributed by atoms with Crippen molar-refractivity contribution in [3.63, 3.8) is 0 Å². The van der Waals surface area contributed by atoms with E-state index in [9.17, 15) is 13.9 Å². The van der Waals surface area contributed by atoms with E-state index in [-0.39, 0.29) is 12.3 Å². The molecule has 0 aliphatic rings. The summed E-state index contributed by atoms with van der Waals surface area (Å²) in [6.45, 7) is 8.02. The number of aliphatic hydroxyl groups excluding tert-OH is 1. The van der Waals surface area contributed by atoms with Crippen molar-refractivity contribution in [1.82, 2.24) is 4.72 Å². The Morgan fingerprint density at radius 2 is 1.62 bits per heavy atom. The molecule has 0 radical (unpaired) electrons. The lowest BCUT2D eigenvalue weighted by Crippen LogP contribution is -2.44. The zero-order valence-electron chi connectivity index (χ0n) is 19.9. The minimum absolute atomic E-state index is 0.0585. The van der Waals surface area contributed by atoms with Crippen LogP contribution in [-0.4, -0.2) is 42.6 Å². The molecule has 192 valence electrons. The number of nitrogens with one attached hydrogen (secondary N) is 1. The fraction of sp³-hybridized carbons (Fsp3) is 0.500. The normalized spacial score (nSPS) is 12.6. The smallest absolute Gasteiger partial charge is 0.425 e. The van der Waals surface area contributed by atoms with Crippen molar-refractivity contribution in [2.45, 2.75) is 51.7 Å². The maximum atomic E-state index is 14.1. The number of hydrogen-bond acceptors (Lipinski definition) is 5. The largest absolute Gasteiger partial charge is 0.490 e. The molecule has 0 heterocycles. The lowest BCUT2D eigenvalue weighted by molar-refractivity contribution is -0.236. The van der Waals surface area contributed by atoms with E-state index < -0.39 is 17.6 Å². The second-order valence-electron chi connectivity index (χ2n) is 7.54. The molecule has 1 unspecified atom stereocenters. The fourth-order valence-electron chi connectivity index (χ4n) is 2.90. The first-order valence-electron chi connectivity index (χ1n) is 10.8. The summed E-state index contributed by atoms with van der Waals surface area (Å²) >= 11 is 19.6. The van der Waals surface area contributed by atoms with Crippen molar-refractivity contribution in [3.05, 3.63) is 57.6 Å². The Bertz CT molecular complexity index is 863. The van der Waals surface area contributed by atoms with Gasteiger partial charge in [0.1, 0.15) is 5.75 Å². The SMILES string of the molecule is CC.CSNCC(O)C(F)(F)Oc1ccc(C(C)(C)c2cc(Cl)c(OCCCCl)c(Cl)c2)cc1. The molecular weight excluding hydrogens is 527 g/mol. The Morgan fingerprint density at radius 3 is 2.12 bits per heavy atom. The maximum Gasteiger partial charge on any atom is 0.425 e. The Balaban J connectivity index is 0.00000281. The predicted octanol–water partition coefficient (Wildman–Crippen LogP) is 7.55. The molecule has 0 aromatic heterocycles. The summed E-state index contributed by atoms with van der Waals surface area (Å²) < 4.78 is 41.1. The van der Waals surface area contributed by atoms with Crippen molar-refractivity contribution in [2.75, 3.05) is 25.3 Å². The van der Waals surface area contributed by atoms with Crippen molar-refractivity contribution in [2.24, 2.45) is 0 Å². The van der Waals surface area contributed by atoms with E-state index in [0.29, 0.717) is 34.7 Å². The van der Waals surface area contributed by atoms with E-state index >= 15 is 0 Å². The highest BCUT2D eigenvalue weighted by atomic mass is 35.5. The minimum Gasteiger partial charge on any atom is -0.490 e. The zero-order valence-corrected chi connectivity index (χ0v) is 23.0. The molecular formula is C24H32Cl3F2NO3S. The molecule has 0 amide bonds. The highest BCUT2D eigenvalue weighted by Gasteiger charge is 2.41. The molecule has 4 nitrogen and oxygen atoms in total. The third-order valence-electron chi connectivity index (χ3n) is 4.88. The van der Waals surface area contributed by atoms with Crippen LogP contribution in [0.25, 0.3) is 0 Å². The van der Waals surface area contributed by atoms with Crippen LogP contribution >= 0.6 is 46.8 Å². The molecule has 10 heteroatoms. The van der Waals surface area contributed by atoms with Gasteiger partial charge >= 0.3 is 6.11 Å². The molecule has 2 N–H and O–H groups in total. The monoisotopic (exact) mass is 557 g/mol. The van der Waals surface area contributed by atoms with Crippen LogP contribution in [0.1, 0.15) is 45.2 Å². The van der Waals surface area contributed by atoms with Crippen LogP contribution in [0.5, 0.6) is 11.5 Å². The van der Waals surface area contributed by atoms with Crippen LogP contribution in [0.3, 0.4) is 0 Å². The number of ether oxygens (including phenoxy) is 2. The molecule has 0 saturated heterocycles. The quantitative estimate of drug-likeness (QED) is 0.160.